The van der Waals surface area contributed by atoms with Gasteiger partial charge in [-0.15, -0.1) is 0 Å². The van der Waals surface area contributed by atoms with Gasteiger partial charge in [-0.05, 0) is 20.8 Å². The highest BCUT2D eigenvalue weighted by Gasteiger charge is 2.24. The quantitative estimate of drug-likeness (QED) is 0.717. The molecule has 0 aromatic carbocycles. The molecule has 0 rings (SSSR count). The lowest BCUT2D eigenvalue weighted by Gasteiger charge is -2.22. The van der Waals surface area contributed by atoms with Crippen molar-refractivity contribution in [2.75, 3.05) is 0 Å². The Balaban J connectivity index is 4.17. The Bertz CT molecular complexity index is 241. The van der Waals surface area contributed by atoms with Crippen LogP contribution in [0.5, 0.6) is 0 Å². The van der Waals surface area contributed by atoms with Crippen molar-refractivity contribution in [1.82, 2.24) is 0 Å². The van der Waals surface area contributed by atoms with Crippen LogP contribution < -0.4 is 5.73 Å². The summed E-state index contributed by atoms with van der Waals surface area (Å²) >= 11 is 0. The number of carbonyl (C=O) groups excluding carboxylic acids is 2. The van der Waals surface area contributed by atoms with Crippen LogP contribution >= 0.6 is 0 Å². The molecular formula is C11H21NO3. The summed E-state index contributed by atoms with van der Waals surface area (Å²) in [6.45, 7) is 8.86. The monoisotopic (exact) mass is 215 g/mol. The molecule has 4 heteroatoms. The summed E-state index contributed by atoms with van der Waals surface area (Å²) < 4.78 is 5.06. The van der Waals surface area contributed by atoms with Crippen molar-refractivity contribution in [1.29, 1.82) is 0 Å². The van der Waals surface area contributed by atoms with E-state index in [1.807, 2.05) is 0 Å². The number of esters is 1. The molecule has 0 bridgehead atoms. The third kappa shape index (κ3) is 6.23. The van der Waals surface area contributed by atoms with Crippen LogP contribution in [0, 0.1) is 5.92 Å². The zero-order valence-corrected chi connectivity index (χ0v) is 10.2. The fourth-order valence-corrected chi connectivity index (χ4v) is 0.913. The third-order valence-corrected chi connectivity index (χ3v) is 1.77. The van der Waals surface area contributed by atoms with Gasteiger partial charge in [-0.25, -0.2) is 0 Å². The van der Waals surface area contributed by atoms with E-state index >= 15 is 0 Å². The van der Waals surface area contributed by atoms with Crippen LogP contribution in [0.2, 0.25) is 0 Å². The molecule has 0 radical (unpaired) electrons. The second kappa shape index (κ2) is 5.26. The van der Waals surface area contributed by atoms with E-state index in [0.717, 1.165) is 0 Å². The molecule has 88 valence electrons. The smallest absolute Gasteiger partial charge is 0.323 e. The standard InChI is InChI=1S/C11H21NO3/c1-7(2)9(13)6-8(12)10(14)15-11(3,4)5/h7-8H,6,12H2,1-5H3. The van der Waals surface area contributed by atoms with Gasteiger partial charge in [-0.3, -0.25) is 9.59 Å². The molecule has 0 saturated heterocycles. The van der Waals surface area contributed by atoms with Crippen molar-refractivity contribution in [3.8, 4) is 0 Å². The topological polar surface area (TPSA) is 69.4 Å². The average molecular weight is 215 g/mol. The molecule has 0 aromatic rings. The second-order valence-corrected chi connectivity index (χ2v) is 4.97. The van der Waals surface area contributed by atoms with Gasteiger partial charge in [0, 0.05) is 12.3 Å². The van der Waals surface area contributed by atoms with E-state index in [1.165, 1.54) is 0 Å². The first-order valence-electron chi connectivity index (χ1n) is 5.14. The van der Waals surface area contributed by atoms with Crippen molar-refractivity contribution >= 4 is 11.8 Å². The highest BCUT2D eigenvalue weighted by atomic mass is 16.6. The van der Waals surface area contributed by atoms with E-state index in [4.69, 9.17) is 10.5 Å². The number of Topliss-reactive ketones (excluding diaryl/α,β-unsaturated/α-hetero) is 1. The zero-order valence-electron chi connectivity index (χ0n) is 10.2. The third-order valence-electron chi connectivity index (χ3n) is 1.77. The molecule has 0 fully saturated rings. The molecule has 0 aromatic heterocycles. The van der Waals surface area contributed by atoms with E-state index in [1.54, 1.807) is 34.6 Å². The lowest BCUT2D eigenvalue weighted by molar-refractivity contribution is -0.157. The molecule has 0 aliphatic carbocycles. The van der Waals surface area contributed by atoms with Crippen molar-refractivity contribution in [2.24, 2.45) is 11.7 Å². The minimum atomic E-state index is -0.848. The molecule has 0 aliphatic heterocycles. The summed E-state index contributed by atoms with van der Waals surface area (Å²) in [5.41, 5.74) is 5.01. The number of nitrogens with two attached hydrogens (primary N) is 1. The maximum absolute atomic E-state index is 11.4. The maximum Gasteiger partial charge on any atom is 0.323 e. The van der Waals surface area contributed by atoms with Crippen molar-refractivity contribution < 1.29 is 14.3 Å². The van der Waals surface area contributed by atoms with Crippen LogP contribution in [0.3, 0.4) is 0 Å². The number of carbonyl (C=O) groups is 2. The summed E-state index contributed by atoms with van der Waals surface area (Å²) in [4.78, 5) is 22.8. The lowest BCUT2D eigenvalue weighted by Crippen LogP contribution is -2.39. The average Bonchev–Trinajstić information content (AvgIpc) is 2.00. The summed E-state index contributed by atoms with van der Waals surface area (Å²) in [7, 11) is 0. The SMILES string of the molecule is CC(C)C(=O)CC(N)C(=O)OC(C)(C)C. The van der Waals surface area contributed by atoms with Gasteiger partial charge in [0.1, 0.15) is 17.4 Å². The van der Waals surface area contributed by atoms with Crippen LogP contribution in [-0.2, 0) is 14.3 Å². The maximum atomic E-state index is 11.4. The first kappa shape index (κ1) is 14.1. The molecule has 0 amide bonds. The first-order valence-corrected chi connectivity index (χ1v) is 5.14. The Morgan fingerprint density at radius 3 is 2.07 bits per heavy atom. The minimum Gasteiger partial charge on any atom is -0.459 e. The Hall–Kier alpha value is -0.900. The normalized spacial score (nSPS) is 13.8. The van der Waals surface area contributed by atoms with Gasteiger partial charge in [0.25, 0.3) is 0 Å². The van der Waals surface area contributed by atoms with E-state index < -0.39 is 17.6 Å². The van der Waals surface area contributed by atoms with Crippen LogP contribution in [0.15, 0.2) is 0 Å². The van der Waals surface area contributed by atoms with Gasteiger partial charge in [0.2, 0.25) is 0 Å². The molecule has 1 atom stereocenters. The summed E-state index contributed by atoms with van der Waals surface area (Å²) in [6.07, 6.45) is 0.0482. The number of hydrogen-bond donors (Lipinski definition) is 1. The molecule has 1 unspecified atom stereocenters. The largest absolute Gasteiger partial charge is 0.459 e. The predicted molar refractivity (Wildman–Crippen MR) is 58.3 cm³/mol. The second-order valence-electron chi connectivity index (χ2n) is 4.97. The fourth-order valence-electron chi connectivity index (χ4n) is 0.913. The zero-order chi connectivity index (χ0) is 12.2. The Kier molecular flexibility index (Phi) is 4.94. The molecule has 4 nitrogen and oxygen atoms in total. The highest BCUT2D eigenvalue weighted by molar-refractivity contribution is 5.87. The summed E-state index contributed by atoms with van der Waals surface area (Å²) in [5, 5.41) is 0. The van der Waals surface area contributed by atoms with E-state index in [2.05, 4.69) is 0 Å². The molecule has 15 heavy (non-hydrogen) atoms. The number of hydrogen-bond acceptors (Lipinski definition) is 4. The predicted octanol–water partition coefficient (Wildman–Crippen LogP) is 1.27. The molecule has 0 spiro atoms. The van der Waals surface area contributed by atoms with E-state index in [0.29, 0.717) is 0 Å². The fraction of sp³-hybridized carbons (Fsp3) is 0.818. The Morgan fingerprint density at radius 1 is 1.27 bits per heavy atom. The van der Waals surface area contributed by atoms with Gasteiger partial charge in [-0.2, -0.15) is 0 Å². The van der Waals surface area contributed by atoms with Crippen molar-refractivity contribution in [3.63, 3.8) is 0 Å². The van der Waals surface area contributed by atoms with E-state index in [-0.39, 0.29) is 18.1 Å². The Morgan fingerprint density at radius 2 is 1.73 bits per heavy atom. The van der Waals surface area contributed by atoms with Gasteiger partial charge in [-0.1, -0.05) is 13.8 Å². The number of ketones is 1. The lowest BCUT2D eigenvalue weighted by atomic mass is 10.0. The van der Waals surface area contributed by atoms with Gasteiger partial charge in [0.05, 0.1) is 0 Å². The number of ether oxygens (including phenoxy) is 1. The van der Waals surface area contributed by atoms with Gasteiger partial charge >= 0.3 is 5.97 Å². The molecule has 0 heterocycles. The molecule has 2 N–H and O–H groups in total. The summed E-state index contributed by atoms with van der Waals surface area (Å²) in [5.74, 6) is -0.636. The van der Waals surface area contributed by atoms with Crippen LogP contribution in [0.4, 0.5) is 0 Å². The van der Waals surface area contributed by atoms with Crippen LogP contribution in [-0.4, -0.2) is 23.4 Å². The van der Waals surface area contributed by atoms with E-state index in [9.17, 15) is 9.59 Å². The van der Waals surface area contributed by atoms with Crippen LogP contribution in [0.1, 0.15) is 41.0 Å². The van der Waals surface area contributed by atoms with Gasteiger partial charge < -0.3 is 10.5 Å². The number of rotatable bonds is 4. The highest BCUT2D eigenvalue weighted by Crippen LogP contribution is 2.10. The molecule has 0 aliphatic rings. The summed E-state index contributed by atoms with van der Waals surface area (Å²) in [6, 6.07) is -0.848. The Labute approximate surface area is 91.2 Å². The van der Waals surface area contributed by atoms with Crippen molar-refractivity contribution in [2.45, 2.75) is 52.7 Å². The van der Waals surface area contributed by atoms with Crippen LogP contribution in [0.25, 0.3) is 0 Å². The van der Waals surface area contributed by atoms with Crippen molar-refractivity contribution in [3.05, 3.63) is 0 Å². The van der Waals surface area contributed by atoms with Gasteiger partial charge in [0.15, 0.2) is 0 Å². The molecular weight excluding hydrogens is 194 g/mol. The first-order chi connectivity index (χ1) is 6.63. The minimum absolute atomic E-state index is 0.0200. The molecule has 0 saturated carbocycles.